The quantitative estimate of drug-likeness (QED) is 0.836. The molecule has 0 saturated carbocycles. The molecule has 0 saturated heterocycles. The molecule has 0 bridgehead atoms. The van der Waals surface area contributed by atoms with Gasteiger partial charge in [-0.05, 0) is 18.2 Å². The number of nitrogens with one attached hydrogen (secondary N) is 1. The van der Waals surface area contributed by atoms with E-state index in [1.807, 2.05) is 6.92 Å². The number of benzene rings is 1. The predicted octanol–water partition coefficient (Wildman–Crippen LogP) is 2.22. The maximum Gasteiger partial charge on any atom is 0.140 e. The zero-order chi connectivity index (χ0) is 10.8. The second-order valence-electron chi connectivity index (χ2n) is 3.41. The molecule has 1 aromatic carbocycles. The van der Waals surface area contributed by atoms with E-state index in [4.69, 9.17) is 0 Å². The van der Waals surface area contributed by atoms with Gasteiger partial charge in [-0.3, -0.25) is 4.79 Å². The van der Waals surface area contributed by atoms with Crippen molar-refractivity contribution >= 4 is 16.8 Å². The lowest BCUT2D eigenvalue weighted by molar-refractivity contribution is -0.118. The van der Waals surface area contributed by atoms with E-state index >= 15 is 0 Å². The maximum absolute atomic E-state index is 12.9. The SMILES string of the molecule is CCC(=O)Cc1nc2ccc(F)cc2[nH]1. The van der Waals surface area contributed by atoms with Crippen LogP contribution in [0.1, 0.15) is 19.2 Å². The van der Waals surface area contributed by atoms with Gasteiger partial charge in [0.2, 0.25) is 0 Å². The number of halogens is 1. The minimum atomic E-state index is -0.306. The Hall–Kier alpha value is -1.71. The number of hydrogen-bond acceptors (Lipinski definition) is 2. The van der Waals surface area contributed by atoms with Crippen LogP contribution in [0.3, 0.4) is 0 Å². The van der Waals surface area contributed by atoms with E-state index in [0.717, 1.165) is 0 Å². The van der Waals surface area contributed by atoms with E-state index in [1.165, 1.54) is 12.1 Å². The number of carbonyl (C=O) groups is 1. The highest BCUT2D eigenvalue weighted by Gasteiger charge is 2.06. The summed E-state index contributed by atoms with van der Waals surface area (Å²) in [6, 6.07) is 4.33. The van der Waals surface area contributed by atoms with Crippen LogP contribution in [0.2, 0.25) is 0 Å². The van der Waals surface area contributed by atoms with Gasteiger partial charge in [-0.1, -0.05) is 6.92 Å². The van der Waals surface area contributed by atoms with Crippen molar-refractivity contribution in [2.45, 2.75) is 19.8 Å². The van der Waals surface area contributed by atoms with Gasteiger partial charge < -0.3 is 4.98 Å². The molecule has 15 heavy (non-hydrogen) atoms. The molecule has 2 aromatic rings. The third kappa shape index (κ3) is 2.03. The standard InChI is InChI=1S/C11H11FN2O/c1-2-8(15)6-11-13-9-4-3-7(12)5-10(9)14-11/h3-5H,2,6H2,1H3,(H,13,14). The zero-order valence-electron chi connectivity index (χ0n) is 8.38. The summed E-state index contributed by atoms with van der Waals surface area (Å²) in [7, 11) is 0. The van der Waals surface area contributed by atoms with Gasteiger partial charge in [-0.15, -0.1) is 0 Å². The minimum absolute atomic E-state index is 0.120. The highest BCUT2D eigenvalue weighted by molar-refractivity contribution is 5.81. The summed E-state index contributed by atoms with van der Waals surface area (Å²) in [5.74, 6) is 0.413. The number of nitrogens with zero attached hydrogens (tertiary/aromatic N) is 1. The van der Waals surface area contributed by atoms with Crippen LogP contribution in [-0.2, 0) is 11.2 Å². The van der Waals surface area contributed by atoms with Gasteiger partial charge in [0.15, 0.2) is 0 Å². The zero-order valence-corrected chi connectivity index (χ0v) is 8.38. The molecule has 0 aliphatic heterocycles. The number of Topliss-reactive ketones (excluding diaryl/α,β-unsaturated/α-hetero) is 1. The molecule has 0 radical (unpaired) electrons. The fourth-order valence-electron chi connectivity index (χ4n) is 1.43. The molecule has 0 amide bonds. The fourth-order valence-corrected chi connectivity index (χ4v) is 1.43. The van der Waals surface area contributed by atoms with Gasteiger partial charge >= 0.3 is 0 Å². The van der Waals surface area contributed by atoms with Crippen LogP contribution in [0.15, 0.2) is 18.2 Å². The lowest BCUT2D eigenvalue weighted by Gasteiger charge is -1.91. The van der Waals surface area contributed by atoms with Crippen LogP contribution >= 0.6 is 0 Å². The van der Waals surface area contributed by atoms with Crippen LogP contribution in [0.5, 0.6) is 0 Å². The highest BCUT2D eigenvalue weighted by Crippen LogP contribution is 2.13. The third-order valence-electron chi connectivity index (χ3n) is 2.25. The molecule has 0 unspecified atom stereocenters. The molecule has 0 aliphatic rings. The second kappa shape index (κ2) is 3.81. The summed E-state index contributed by atoms with van der Waals surface area (Å²) in [6.07, 6.45) is 0.776. The average Bonchev–Trinajstić information content (AvgIpc) is 2.59. The topological polar surface area (TPSA) is 45.8 Å². The maximum atomic E-state index is 12.9. The third-order valence-corrected chi connectivity index (χ3v) is 2.25. The largest absolute Gasteiger partial charge is 0.342 e. The number of ketones is 1. The first kappa shape index (κ1) is 9.83. The minimum Gasteiger partial charge on any atom is -0.342 e. The first-order valence-electron chi connectivity index (χ1n) is 4.85. The predicted molar refractivity (Wildman–Crippen MR) is 55.1 cm³/mol. The number of carbonyl (C=O) groups excluding carboxylic acids is 1. The van der Waals surface area contributed by atoms with Crippen molar-refractivity contribution in [2.75, 3.05) is 0 Å². The molecule has 1 aromatic heterocycles. The van der Waals surface area contributed by atoms with Crippen molar-refractivity contribution in [1.82, 2.24) is 9.97 Å². The van der Waals surface area contributed by atoms with E-state index in [1.54, 1.807) is 6.07 Å². The van der Waals surface area contributed by atoms with Crippen molar-refractivity contribution in [3.05, 3.63) is 29.8 Å². The van der Waals surface area contributed by atoms with Gasteiger partial charge in [-0.25, -0.2) is 9.37 Å². The summed E-state index contributed by atoms with van der Waals surface area (Å²) >= 11 is 0. The monoisotopic (exact) mass is 206 g/mol. The fraction of sp³-hybridized carbons (Fsp3) is 0.273. The molecule has 3 nitrogen and oxygen atoms in total. The first-order valence-corrected chi connectivity index (χ1v) is 4.85. The molecular formula is C11H11FN2O. The molecule has 2 rings (SSSR count). The number of imidazole rings is 1. The summed E-state index contributed by atoms with van der Waals surface area (Å²) in [4.78, 5) is 18.3. The Kier molecular flexibility index (Phi) is 2.49. The van der Waals surface area contributed by atoms with Gasteiger partial charge in [0, 0.05) is 6.42 Å². The Morgan fingerprint density at radius 3 is 3.07 bits per heavy atom. The summed E-state index contributed by atoms with van der Waals surface area (Å²) in [5.41, 5.74) is 1.32. The van der Waals surface area contributed by atoms with Gasteiger partial charge in [0.05, 0.1) is 17.5 Å². The lowest BCUT2D eigenvalue weighted by Crippen LogP contribution is -2.01. The smallest absolute Gasteiger partial charge is 0.140 e. The van der Waals surface area contributed by atoms with Crippen LogP contribution in [0, 0.1) is 5.82 Å². The Bertz CT molecular complexity index is 504. The van der Waals surface area contributed by atoms with Gasteiger partial charge in [-0.2, -0.15) is 0 Å². The Morgan fingerprint density at radius 2 is 2.33 bits per heavy atom. The molecule has 0 fully saturated rings. The molecule has 0 atom stereocenters. The van der Waals surface area contributed by atoms with Crippen molar-refractivity contribution in [2.24, 2.45) is 0 Å². The van der Waals surface area contributed by atoms with Crippen LogP contribution in [-0.4, -0.2) is 15.8 Å². The molecular weight excluding hydrogens is 195 g/mol. The van der Waals surface area contributed by atoms with Crippen molar-refractivity contribution in [1.29, 1.82) is 0 Å². The van der Waals surface area contributed by atoms with Gasteiger partial charge in [0.1, 0.15) is 17.4 Å². The number of aromatic nitrogens is 2. The summed E-state index contributed by atoms with van der Waals surface area (Å²) in [5, 5.41) is 0. The van der Waals surface area contributed by atoms with E-state index in [0.29, 0.717) is 23.3 Å². The molecule has 4 heteroatoms. The second-order valence-corrected chi connectivity index (χ2v) is 3.41. The van der Waals surface area contributed by atoms with E-state index in [2.05, 4.69) is 9.97 Å². The van der Waals surface area contributed by atoms with Crippen LogP contribution < -0.4 is 0 Å². The lowest BCUT2D eigenvalue weighted by atomic mass is 10.2. The average molecular weight is 206 g/mol. The first-order chi connectivity index (χ1) is 7.19. The van der Waals surface area contributed by atoms with Crippen LogP contribution in [0.25, 0.3) is 11.0 Å². The number of hydrogen-bond donors (Lipinski definition) is 1. The van der Waals surface area contributed by atoms with Crippen molar-refractivity contribution in [3.8, 4) is 0 Å². The van der Waals surface area contributed by atoms with E-state index in [-0.39, 0.29) is 18.0 Å². The molecule has 78 valence electrons. The van der Waals surface area contributed by atoms with Crippen molar-refractivity contribution < 1.29 is 9.18 Å². The molecule has 1 N–H and O–H groups in total. The summed E-state index contributed by atoms with van der Waals surface area (Å²) < 4.78 is 12.9. The molecule has 1 heterocycles. The number of H-pyrrole nitrogens is 1. The molecule has 0 spiro atoms. The Balaban J connectivity index is 2.34. The van der Waals surface area contributed by atoms with Crippen LogP contribution in [0.4, 0.5) is 4.39 Å². The Morgan fingerprint density at radius 1 is 1.53 bits per heavy atom. The van der Waals surface area contributed by atoms with E-state index < -0.39 is 0 Å². The summed E-state index contributed by atoms with van der Waals surface area (Å²) in [6.45, 7) is 1.81. The number of fused-ring (bicyclic) bond motifs is 1. The van der Waals surface area contributed by atoms with Gasteiger partial charge in [0.25, 0.3) is 0 Å². The van der Waals surface area contributed by atoms with E-state index in [9.17, 15) is 9.18 Å². The van der Waals surface area contributed by atoms with Crippen molar-refractivity contribution in [3.63, 3.8) is 0 Å². The normalized spacial score (nSPS) is 10.8. The number of aromatic amines is 1. The highest BCUT2D eigenvalue weighted by atomic mass is 19.1. The number of rotatable bonds is 3. The molecule has 0 aliphatic carbocycles. The Labute approximate surface area is 86.3 Å².